The Labute approximate surface area is 168 Å². The van der Waals surface area contributed by atoms with Gasteiger partial charge in [-0.3, -0.25) is 9.59 Å². The van der Waals surface area contributed by atoms with Gasteiger partial charge < -0.3 is 28.6 Å². The summed E-state index contributed by atoms with van der Waals surface area (Å²) in [7, 11) is 3.04. The van der Waals surface area contributed by atoms with Gasteiger partial charge in [-0.05, 0) is 17.7 Å². The Bertz CT molecular complexity index is 885. The van der Waals surface area contributed by atoms with Crippen molar-refractivity contribution in [2.24, 2.45) is 0 Å². The molecular formula is C21H25NO7. The van der Waals surface area contributed by atoms with E-state index in [4.69, 9.17) is 18.6 Å². The second-order valence-electron chi connectivity index (χ2n) is 6.75. The van der Waals surface area contributed by atoms with Gasteiger partial charge in [-0.15, -0.1) is 0 Å². The van der Waals surface area contributed by atoms with Gasteiger partial charge in [0.1, 0.15) is 18.1 Å². The van der Waals surface area contributed by atoms with Crippen LogP contribution in [0, 0.1) is 0 Å². The average Bonchev–Trinajstić information content (AvgIpc) is 2.75. The first-order chi connectivity index (χ1) is 14.0. The summed E-state index contributed by atoms with van der Waals surface area (Å²) in [4.78, 5) is 26.9. The molecule has 0 saturated carbocycles. The lowest BCUT2D eigenvalue weighted by atomic mass is 9.91. The van der Waals surface area contributed by atoms with Gasteiger partial charge in [0.25, 0.3) is 0 Å². The number of hydrogen-bond donors (Lipinski definition) is 1. The van der Waals surface area contributed by atoms with Crippen LogP contribution in [0.5, 0.6) is 11.5 Å². The first-order valence-corrected chi connectivity index (χ1v) is 9.37. The topological polar surface area (TPSA) is 98.4 Å². The fraction of sp³-hybridized carbons (Fsp3) is 0.429. The number of nitrogens with zero attached hydrogens (tertiary/aromatic N) is 1. The van der Waals surface area contributed by atoms with Crippen molar-refractivity contribution in [2.75, 3.05) is 40.5 Å². The number of morpholine rings is 1. The summed E-state index contributed by atoms with van der Waals surface area (Å²) in [6.45, 7) is 2.07. The highest BCUT2D eigenvalue weighted by atomic mass is 16.5. The summed E-state index contributed by atoms with van der Waals surface area (Å²) in [5, 5.41) is 10.4. The normalized spacial score (nSPS) is 15.2. The SMILES string of the molecule is COCc1cc(=O)c(O)c([C@H](CC(=O)N2CCOCC2)c2ccc(OC)cc2)o1. The Kier molecular flexibility index (Phi) is 6.90. The second-order valence-corrected chi connectivity index (χ2v) is 6.75. The number of ether oxygens (including phenoxy) is 3. The van der Waals surface area contributed by atoms with Crippen LogP contribution in [-0.4, -0.2) is 56.4 Å². The highest BCUT2D eigenvalue weighted by molar-refractivity contribution is 5.78. The number of rotatable bonds is 7. The van der Waals surface area contributed by atoms with Crippen molar-refractivity contribution in [1.29, 1.82) is 0 Å². The number of carbonyl (C=O) groups is 1. The van der Waals surface area contributed by atoms with Crippen molar-refractivity contribution in [2.45, 2.75) is 18.9 Å². The van der Waals surface area contributed by atoms with Gasteiger partial charge >= 0.3 is 0 Å². The molecule has 1 aromatic heterocycles. The Morgan fingerprint density at radius 3 is 2.52 bits per heavy atom. The lowest BCUT2D eigenvalue weighted by Gasteiger charge is -2.28. The van der Waals surface area contributed by atoms with Gasteiger partial charge in [-0.25, -0.2) is 0 Å². The van der Waals surface area contributed by atoms with E-state index in [2.05, 4.69) is 0 Å². The molecule has 29 heavy (non-hydrogen) atoms. The summed E-state index contributed by atoms with van der Waals surface area (Å²) < 4.78 is 21.3. The number of aromatic hydroxyl groups is 1. The summed E-state index contributed by atoms with van der Waals surface area (Å²) in [6, 6.07) is 8.29. The van der Waals surface area contributed by atoms with Crippen LogP contribution in [0.3, 0.4) is 0 Å². The van der Waals surface area contributed by atoms with Crippen LogP contribution in [0.25, 0.3) is 0 Å². The lowest BCUT2D eigenvalue weighted by Crippen LogP contribution is -2.41. The van der Waals surface area contributed by atoms with E-state index in [1.165, 1.54) is 13.2 Å². The third-order valence-corrected chi connectivity index (χ3v) is 4.86. The van der Waals surface area contributed by atoms with E-state index in [9.17, 15) is 14.7 Å². The molecule has 0 spiro atoms. The standard InChI is InChI=1S/C21H25NO7/c1-26-13-16-11-18(23)20(25)21(29-16)17(14-3-5-15(27-2)6-4-14)12-19(24)22-7-9-28-10-8-22/h3-6,11,17,25H,7-10,12-13H2,1-2H3/t17-/m1/s1. The molecular weight excluding hydrogens is 378 g/mol. The van der Waals surface area contributed by atoms with E-state index in [-0.39, 0.29) is 30.5 Å². The molecule has 1 amide bonds. The number of hydrogen-bond acceptors (Lipinski definition) is 7. The number of carbonyl (C=O) groups excluding carboxylic acids is 1. The summed E-state index contributed by atoms with van der Waals surface area (Å²) in [6.07, 6.45) is 0.0409. The van der Waals surface area contributed by atoms with Crippen LogP contribution in [0.15, 0.2) is 39.5 Å². The van der Waals surface area contributed by atoms with Crippen molar-refractivity contribution in [3.05, 3.63) is 57.6 Å². The first kappa shape index (κ1) is 20.9. The van der Waals surface area contributed by atoms with Crippen LogP contribution in [0.1, 0.15) is 29.4 Å². The van der Waals surface area contributed by atoms with Crippen LogP contribution < -0.4 is 10.2 Å². The minimum Gasteiger partial charge on any atom is -0.502 e. The number of amides is 1. The minimum atomic E-state index is -0.638. The van der Waals surface area contributed by atoms with Crippen LogP contribution >= 0.6 is 0 Å². The van der Waals surface area contributed by atoms with E-state index >= 15 is 0 Å². The zero-order chi connectivity index (χ0) is 20.8. The molecule has 2 heterocycles. The van der Waals surface area contributed by atoms with E-state index in [1.54, 1.807) is 36.3 Å². The van der Waals surface area contributed by atoms with E-state index in [0.717, 1.165) is 5.56 Å². The highest BCUT2D eigenvalue weighted by Crippen LogP contribution is 2.34. The maximum absolute atomic E-state index is 12.9. The van der Waals surface area contributed by atoms with Crippen LogP contribution in [0.2, 0.25) is 0 Å². The van der Waals surface area contributed by atoms with Gasteiger partial charge in [0.05, 0.1) is 26.2 Å². The molecule has 0 aliphatic carbocycles. The van der Waals surface area contributed by atoms with Crippen molar-refractivity contribution in [3.8, 4) is 11.5 Å². The third-order valence-electron chi connectivity index (χ3n) is 4.86. The minimum absolute atomic E-state index is 0.0409. The van der Waals surface area contributed by atoms with Gasteiger partial charge in [0.2, 0.25) is 17.1 Å². The van der Waals surface area contributed by atoms with Gasteiger partial charge in [-0.1, -0.05) is 12.1 Å². The maximum atomic E-state index is 12.9. The Balaban J connectivity index is 2.00. The number of benzene rings is 1. The monoisotopic (exact) mass is 403 g/mol. The molecule has 1 atom stereocenters. The quantitative estimate of drug-likeness (QED) is 0.754. The fourth-order valence-corrected chi connectivity index (χ4v) is 3.32. The maximum Gasteiger partial charge on any atom is 0.227 e. The lowest BCUT2D eigenvalue weighted by molar-refractivity contribution is -0.135. The molecule has 1 aliphatic heterocycles. The third kappa shape index (κ3) is 4.96. The predicted molar refractivity (Wildman–Crippen MR) is 104 cm³/mol. The molecule has 1 aliphatic rings. The summed E-state index contributed by atoms with van der Waals surface area (Å²) in [5.41, 5.74) is 0.149. The van der Waals surface area contributed by atoms with Gasteiger partial charge in [-0.2, -0.15) is 0 Å². The van der Waals surface area contributed by atoms with Gasteiger partial charge in [0.15, 0.2) is 5.76 Å². The van der Waals surface area contributed by atoms with E-state index in [1.807, 2.05) is 0 Å². The second kappa shape index (κ2) is 9.58. The zero-order valence-electron chi connectivity index (χ0n) is 16.6. The molecule has 8 nitrogen and oxygen atoms in total. The molecule has 1 N–H and O–H groups in total. The molecule has 0 radical (unpaired) electrons. The fourth-order valence-electron chi connectivity index (χ4n) is 3.32. The molecule has 0 bridgehead atoms. The molecule has 0 unspecified atom stereocenters. The molecule has 156 valence electrons. The predicted octanol–water partition coefficient (Wildman–Crippen LogP) is 1.88. The molecule has 8 heteroatoms. The Morgan fingerprint density at radius 1 is 1.21 bits per heavy atom. The van der Waals surface area contributed by atoms with Crippen molar-refractivity contribution < 1.29 is 28.5 Å². The summed E-state index contributed by atoms with van der Waals surface area (Å²) in [5.74, 6) is -0.251. The molecule has 1 aromatic carbocycles. The van der Waals surface area contributed by atoms with Crippen LogP contribution in [-0.2, 0) is 20.9 Å². The molecule has 1 fully saturated rings. The Morgan fingerprint density at radius 2 is 1.90 bits per heavy atom. The zero-order valence-corrected chi connectivity index (χ0v) is 16.6. The molecule has 1 saturated heterocycles. The molecule has 3 rings (SSSR count). The largest absolute Gasteiger partial charge is 0.502 e. The molecule has 2 aromatic rings. The number of methoxy groups -OCH3 is 2. The van der Waals surface area contributed by atoms with Gasteiger partial charge in [0, 0.05) is 32.7 Å². The smallest absolute Gasteiger partial charge is 0.227 e. The van der Waals surface area contributed by atoms with E-state index < -0.39 is 17.1 Å². The van der Waals surface area contributed by atoms with Crippen molar-refractivity contribution in [1.82, 2.24) is 4.90 Å². The van der Waals surface area contributed by atoms with Crippen LogP contribution in [0.4, 0.5) is 0 Å². The Hall–Kier alpha value is -2.84. The van der Waals surface area contributed by atoms with Crippen molar-refractivity contribution >= 4 is 5.91 Å². The summed E-state index contributed by atoms with van der Waals surface area (Å²) >= 11 is 0. The first-order valence-electron chi connectivity index (χ1n) is 9.37. The average molecular weight is 403 g/mol. The highest BCUT2D eigenvalue weighted by Gasteiger charge is 2.28. The van der Waals surface area contributed by atoms with E-state index in [0.29, 0.717) is 32.1 Å². The van der Waals surface area contributed by atoms with Crippen molar-refractivity contribution in [3.63, 3.8) is 0 Å².